The lowest BCUT2D eigenvalue weighted by molar-refractivity contribution is 0.603. The van der Waals surface area contributed by atoms with Crippen molar-refractivity contribution in [1.29, 1.82) is 0 Å². The lowest BCUT2D eigenvalue weighted by Crippen LogP contribution is -2.12. The Kier molecular flexibility index (Phi) is 5.48. The predicted molar refractivity (Wildman–Crippen MR) is 94.5 cm³/mol. The predicted octanol–water partition coefficient (Wildman–Crippen LogP) is 3.88. The molecule has 0 saturated heterocycles. The molecule has 8 heteroatoms. The van der Waals surface area contributed by atoms with Crippen LogP contribution in [0, 0.1) is 6.92 Å². The number of sulfonamides is 1. The summed E-state index contributed by atoms with van der Waals surface area (Å²) < 4.78 is 29.1. The van der Waals surface area contributed by atoms with Crippen LogP contribution >= 0.6 is 43.2 Å². The lowest BCUT2D eigenvalue weighted by Gasteiger charge is -2.11. The molecule has 0 aliphatic rings. The van der Waals surface area contributed by atoms with Gasteiger partial charge < -0.3 is 5.73 Å². The summed E-state index contributed by atoms with van der Waals surface area (Å²) in [5.74, 6) is 0. The van der Waals surface area contributed by atoms with Gasteiger partial charge in [-0.2, -0.15) is 0 Å². The van der Waals surface area contributed by atoms with Crippen molar-refractivity contribution in [3.8, 4) is 0 Å². The van der Waals surface area contributed by atoms with Gasteiger partial charge in [-0.15, -0.1) is 11.3 Å². The molecular formula is C13H14Br2N2O2S2. The van der Waals surface area contributed by atoms with Crippen molar-refractivity contribution < 1.29 is 8.42 Å². The molecule has 3 N–H and O–H groups in total. The Morgan fingerprint density at radius 1 is 1.24 bits per heavy atom. The van der Waals surface area contributed by atoms with Crippen molar-refractivity contribution in [2.45, 2.75) is 17.6 Å². The summed E-state index contributed by atoms with van der Waals surface area (Å²) in [5.41, 5.74) is 7.01. The van der Waals surface area contributed by atoms with Gasteiger partial charge >= 0.3 is 0 Å². The van der Waals surface area contributed by atoms with Crippen molar-refractivity contribution in [3.63, 3.8) is 0 Å². The van der Waals surface area contributed by atoms with Crippen LogP contribution in [-0.2, 0) is 16.4 Å². The topological polar surface area (TPSA) is 72.2 Å². The largest absolute Gasteiger partial charge is 0.330 e. The number of hydrogen-bond donors (Lipinski definition) is 2. The average Bonchev–Trinajstić information content (AvgIpc) is 2.84. The quantitative estimate of drug-likeness (QED) is 0.721. The standard InChI is InChI=1S/C13H14Br2N2O2S2/c1-8-6-10(14)13(11(15)7-8)17-21(18,19)12-3-2-9(20-12)4-5-16/h2-3,6-7,17H,4-5,16H2,1H3. The third-order valence-electron chi connectivity index (χ3n) is 2.72. The summed E-state index contributed by atoms with van der Waals surface area (Å²) in [6.07, 6.45) is 0.679. The molecule has 21 heavy (non-hydrogen) atoms. The first kappa shape index (κ1) is 17.0. The second-order valence-corrected chi connectivity index (χ2v) is 9.25. The van der Waals surface area contributed by atoms with Crippen LogP contribution in [0.1, 0.15) is 10.4 Å². The summed E-state index contributed by atoms with van der Waals surface area (Å²) in [6.45, 7) is 2.44. The molecule has 114 valence electrons. The van der Waals surface area contributed by atoms with E-state index in [0.29, 0.717) is 27.6 Å². The first-order chi connectivity index (χ1) is 9.83. The minimum Gasteiger partial charge on any atom is -0.330 e. The van der Waals surface area contributed by atoms with Gasteiger partial charge in [0.25, 0.3) is 10.0 Å². The molecule has 0 spiro atoms. The number of rotatable bonds is 5. The number of hydrogen-bond acceptors (Lipinski definition) is 4. The summed E-state index contributed by atoms with van der Waals surface area (Å²) in [4.78, 5) is 0.958. The zero-order valence-corrected chi connectivity index (χ0v) is 16.0. The summed E-state index contributed by atoms with van der Waals surface area (Å²) in [6, 6.07) is 7.12. The maximum atomic E-state index is 12.4. The number of nitrogens with one attached hydrogen (secondary N) is 1. The Morgan fingerprint density at radius 2 is 1.86 bits per heavy atom. The third-order valence-corrected chi connectivity index (χ3v) is 6.95. The number of benzene rings is 1. The molecule has 0 radical (unpaired) electrons. The van der Waals surface area contributed by atoms with E-state index >= 15 is 0 Å². The van der Waals surface area contributed by atoms with Gasteiger partial charge in [0.05, 0.1) is 5.69 Å². The Labute approximate surface area is 145 Å². The monoisotopic (exact) mass is 452 g/mol. The second-order valence-electron chi connectivity index (χ2n) is 4.47. The Morgan fingerprint density at radius 3 is 2.43 bits per heavy atom. The number of anilines is 1. The highest BCUT2D eigenvalue weighted by Gasteiger charge is 2.19. The molecular weight excluding hydrogens is 440 g/mol. The molecule has 4 nitrogen and oxygen atoms in total. The smallest absolute Gasteiger partial charge is 0.271 e. The number of aryl methyl sites for hydroxylation is 1. The molecule has 0 aliphatic carbocycles. The molecule has 1 aromatic carbocycles. The molecule has 1 aromatic heterocycles. The second kappa shape index (κ2) is 6.78. The first-order valence-corrected chi connectivity index (χ1v) is 9.99. The maximum Gasteiger partial charge on any atom is 0.271 e. The summed E-state index contributed by atoms with van der Waals surface area (Å²) in [7, 11) is -3.60. The fourth-order valence-corrected chi connectivity index (χ4v) is 6.11. The highest BCUT2D eigenvalue weighted by molar-refractivity contribution is 9.11. The highest BCUT2D eigenvalue weighted by atomic mass is 79.9. The summed E-state index contributed by atoms with van der Waals surface area (Å²) in [5, 5.41) is 0. The summed E-state index contributed by atoms with van der Waals surface area (Å²) >= 11 is 8.00. The van der Waals surface area contributed by atoms with Crippen LogP contribution in [0.3, 0.4) is 0 Å². The van der Waals surface area contributed by atoms with E-state index in [9.17, 15) is 8.42 Å². The molecule has 1 heterocycles. The van der Waals surface area contributed by atoms with Gasteiger partial charge in [0.15, 0.2) is 0 Å². The van der Waals surface area contributed by atoms with E-state index in [2.05, 4.69) is 36.6 Å². The Balaban J connectivity index is 2.33. The highest BCUT2D eigenvalue weighted by Crippen LogP contribution is 2.34. The van der Waals surface area contributed by atoms with Crippen molar-refractivity contribution >= 4 is 58.9 Å². The molecule has 0 fully saturated rings. The van der Waals surface area contributed by atoms with Crippen molar-refractivity contribution in [3.05, 3.63) is 43.7 Å². The molecule has 0 bridgehead atoms. The van der Waals surface area contributed by atoms with Crippen LogP contribution in [0.5, 0.6) is 0 Å². The van der Waals surface area contributed by atoms with Crippen LogP contribution in [-0.4, -0.2) is 15.0 Å². The van der Waals surface area contributed by atoms with E-state index in [-0.39, 0.29) is 4.21 Å². The normalized spacial score (nSPS) is 11.6. The number of thiophene rings is 1. The van der Waals surface area contributed by atoms with Gasteiger partial charge in [0, 0.05) is 13.8 Å². The molecule has 0 unspecified atom stereocenters. The van der Waals surface area contributed by atoms with E-state index in [1.807, 2.05) is 19.1 Å². The van der Waals surface area contributed by atoms with Gasteiger partial charge in [0.1, 0.15) is 4.21 Å². The maximum absolute atomic E-state index is 12.4. The molecule has 0 aliphatic heterocycles. The van der Waals surface area contributed by atoms with Gasteiger partial charge in [0.2, 0.25) is 0 Å². The number of halogens is 2. The van der Waals surface area contributed by atoms with Gasteiger partial charge in [-0.3, -0.25) is 4.72 Å². The van der Waals surface area contributed by atoms with Crippen molar-refractivity contribution in [2.24, 2.45) is 5.73 Å². The Hall–Kier alpha value is -0.410. The van der Waals surface area contributed by atoms with Crippen LogP contribution in [0.15, 0.2) is 37.4 Å². The minimum absolute atomic E-state index is 0.283. The average molecular weight is 454 g/mol. The van der Waals surface area contributed by atoms with Crippen LogP contribution < -0.4 is 10.5 Å². The van der Waals surface area contributed by atoms with E-state index in [4.69, 9.17) is 5.73 Å². The van der Waals surface area contributed by atoms with Crippen molar-refractivity contribution in [2.75, 3.05) is 11.3 Å². The molecule has 2 aromatic rings. The van der Waals surface area contributed by atoms with Crippen molar-refractivity contribution in [1.82, 2.24) is 0 Å². The number of nitrogens with two attached hydrogens (primary N) is 1. The lowest BCUT2D eigenvalue weighted by atomic mass is 10.2. The molecule has 0 saturated carbocycles. The molecule has 2 rings (SSSR count). The van der Waals surface area contributed by atoms with E-state index in [1.165, 1.54) is 11.3 Å². The van der Waals surface area contributed by atoms with Crippen LogP contribution in [0.4, 0.5) is 5.69 Å². The van der Waals surface area contributed by atoms with Gasteiger partial charge in [-0.25, -0.2) is 8.42 Å². The van der Waals surface area contributed by atoms with E-state index in [1.54, 1.807) is 12.1 Å². The molecule has 0 amide bonds. The zero-order valence-electron chi connectivity index (χ0n) is 11.2. The third kappa shape index (κ3) is 4.07. The van der Waals surface area contributed by atoms with E-state index < -0.39 is 10.0 Å². The van der Waals surface area contributed by atoms with Gasteiger partial charge in [-0.1, -0.05) is 0 Å². The minimum atomic E-state index is -3.60. The van der Waals surface area contributed by atoms with Crippen LogP contribution in [0.2, 0.25) is 0 Å². The first-order valence-electron chi connectivity index (χ1n) is 6.10. The fraction of sp³-hybridized carbons (Fsp3) is 0.231. The van der Waals surface area contributed by atoms with Gasteiger partial charge in [-0.05, 0) is 81.6 Å². The molecule has 0 atom stereocenters. The van der Waals surface area contributed by atoms with Crippen LogP contribution in [0.25, 0.3) is 0 Å². The van der Waals surface area contributed by atoms with E-state index in [0.717, 1.165) is 10.4 Å². The fourth-order valence-electron chi connectivity index (χ4n) is 1.76. The SMILES string of the molecule is Cc1cc(Br)c(NS(=O)(=O)c2ccc(CCN)s2)c(Br)c1. The zero-order chi connectivity index (χ0) is 15.6. The Bertz CT molecular complexity index is 734.